The molecule has 0 aromatic carbocycles. The molecule has 2 unspecified atom stereocenters. The van der Waals surface area contributed by atoms with E-state index in [1.54, 1.807) is 26.0 Å². The Morgan fingerprint density at radius 3 is 2.44 bits per heavy atom. The van der Waals surface area contributed by atoms with Gasteiger partial charge in [-0.3, -0.25) is 14.4 Å². The van der Waals surface area contributed by atoms with Crippen LogP contribution in [-0.4, -0.2) is 63.1 Å². The van der Waals surface area contributed by atoms with Crippen molar-refractivity contribution in [2.45, 2.75) is 84.2 Å². The third kappa shape index (κ3) is 2.91. The summed E-state index contributed by atoms with van der Waals surface area (Å²) in [4.78, 5) is 38.5. The van der Waals surface area contributed by atoms with Crippen molar-refractivity contribution >= 4 is 17.7 Å². The Labute approximate surface area is 200 Å². The molecule has 1 spiro atoms. The number of hydrogen-bond acceptors (Lipinski definition) is 8. The van der Waals surface area contributed by atoms with Crippen molar-refractivity contribution in [3.63, 3.8) is 0 Å². The summed E-state index contributed by atoms with van der Waals surface area (Å²) < 4.78 is 11.3. The number of hydrogen-bond donors (Lipinski definition) is 3. The summed E-state index contributed by atoms with van der Waals surface area (Å²) in [7, 11) is 0. The maximum atomic E-state index is 14.3. The number of rotatable bonds is 5. The molecule has 2 saturated carbocycles. The largest absolute Gasteiger partial charge is 0.461 e. The molecule has 0 amide bonds. The van der Waals surface area contributed by atoms with Crippen LogP contribution in [0.2, 0.25) is 0 Å². The maximum absolute atomic E-state index is 14.3. The summed E-state index contributed by atoms with van der Waals surface area (Å²) in [6.07, 6.45) is 1.14. The molecule has 3 N–H and O–H groups in total. The van der Waals surface area contributed by atoms with Crippen LogP contribution in [0.25, 0.3) is 0 Å². The predicted molar refractivity (Wildman–Crippen MR) is 121 cm³/mol. The van der Waals surface area contributed by atoms with Crippen molar-refractivity contribution in [3.05, 3.63) is 23.3 Å². The summed E-state index contributed by atoms with van der Waals surface area (Å²) in [6.45, 7) is 10.2. The van der Waals surface area contributed by atoms with Gasteiger partial charge in [0.25, 0.3) is 0 Å². The van der Waals surface area contributed by atoms with Crippen LogP contribution in [-0.2, 0) is 23.9 Å². The van der Waals surface area contributed by atoms with Gasteiger partial charge >= 0.3 is 11.9 Å². The fourth-order valence-electron chi connectivity index (χ4n) is 7.41. The fourth-order valence-corrected chi connectivity index (χ4v) is 7.41. The molecule has 0 aromatic rings. The van der Waals surface area contributed by atoms with Crippen LogP contribution in [0, 0.1) is 28.6 Å². The Balaban J connectivity index is 1.90. The van der Waals surface area contributed by atoms with E-state index in [0.29, 0.717) is 18.4 Å². The number of carbonyl (C=O) groups excluding carboxylic acids is 3. The molecule has 0 heterocycles. The first-order chi connectivity index (χ1) is 15.7. The Bertz CT molecular complexity index is 995. The van der Waals surface area contributed by atoms with E-state index in [1.807, 2.05) is 20.8 Å². The van der Waals surface area contributed by atoms with Crippen molar-refractivity contribution in [2.24, 2.45) is 28.6 Å². The van der Waals surface area contributed by atoms with Gasteiger partial charge in [0.05, 0.1) is 5.41 Å². The molecule has 0 aromatic heterocycles. The molecular formula is C26H36O8. The smallest absolute Gasteiger partial charge is 0.306 e. The number of ether oxygens (including phenoxy) is 2. The average Bonchev–Trinajstić information content (AvgIpc) is 3.15. The number of ketones is 1. The first-order valence-corrected chi connectivity index (χ1v) is 12.1. The SMILES string of the molecule is CCCC(=O)OCC1=C[C@@H]2C(=O)C3(C=C(C)[C@H](O)[C@@]3(O)[C@@H]1O)C(C)C[C@]1(OC(C)=O)[C@H]2C1(C)C. The van der Waals surface area contributed by atoms with Crippen LogP contribution < -0.4 is 0 Å². The molecule has 2 fully saturated rings. The van der Waals surface area contributed by atoms with Crippen LogP contribution in [0.4, 0.5) is 0 Å². The predicted octanol–water partition coefficient (Wildman–Crippen LogP) is 1.85. The summed E-state index contributed by atoms with van der Waals surface area (Å²) in [5.41, 5.74) is -4.74. The highest BCUT2D eigenvalue weighted by atomic mass is 16.6. The number of allylic oxidation sites excluding steroid dienone is 1. The molecule has 4 aliphatic rings. The number of aliphatic hydroxyl groups is 3. The highest BCUT2D eigenvalue weighted by molar-refractivity contribution is 5.95. The molecule has 188 valence electrons. The van der Waals surface area contributed by atoms with Gasteiger partial charge in [-0.25, -0.2) is 0 Å². The van der Waals surface area contributed by atoms with E-state index in [9.17, 15) is 29.7 Å². The topological polar surface area (TPSA) is 130 Å². The van der Waals surface area contributed by atoms with Crippen LogP contribution >= 0.6 is 0 Å². The fraction of sp³-hybridized carbons (Fsp3) is 0.731. The maximum Gasteiger partial charge on any atom is 0.306 e. The minimum Gasteiger partial charge on any atom is -0.461 e. The molecular weight excluding hydrogens is 440 g/mol. The van der Waals surface area contributed by atoms with Crippen molar-refractivity contribution < 1.29 is 39.2 Å². The van der Waals surface area contributed by atoms with Crippen molar-refractivity contribution in [1.29, 1.82) is 0 Å². The van der Waals surface area contributed by atoms with E-state index < -0.39 is 58.0 Å². The van der Waals surface area contributed by atoms with Crippen molar-refractivity contribution in [3.8, 4) is 0 Å². The normalized spacial score (nSPS) is 44.0. The number of carbonyl (C=O) groups is 3. The second-order valence-corrected chi connectivity index (χ2v) is 11.2. The van der Waals surface area contributed by atoms with Crippen LogP contribution in [0.15, 0.2) is 23.3 Å². The number of Topliss-reactive ketones (excluding diaryl/α,β-unsaturated/α-hetero) is 1. The molecule has 34 heavy (non-hydrogen) atoms. The second-order valence-electron chi connectivity index (χ2n) is 11.2. The first kappa shape index (κ1) is 25.1. The van der Waals surface area contributed by atoms with E-state index in [-0.39, 0.29) is 30.3 Å². The van der Waals surface area contributed by atoms with Crippen LogP contribution in [0.5, 0.6) is 0 Å². The molecule has 4 aliphatic carbocycles. The van der Waals surface area contributed by atoms with Gasteiger partial charge in [0.1, 0.15) is 30.0 Å². The molecule has 0 radical (unpaired) electrons. The van der Waals surface area contributed by atoms with Crippen molar-refractivity contribution in [2.75, 3.05) is 6.61 Å². The molecule has 0 aliphatic heterocycles. The van der Waals surface area contributed by atoms with E-state index in [2.05, 4.69) is 0 Å². The van der Waals surface area contributed by atoms with E-state index in [0.717, 1.165) is 0 Å². The van der Waals surface area contributed by atoms with Gasteiger partial charge in [0, 0.05) is 30.6 Å². The zero-order valence-corrected chi connectivity index (χ0v) is 20.8. The second kappa shape index (κ2) is 7.73. The molecule has 8 nitrogen and oxygen atoms in total. The first-order valence-electron chi connectivity index (χ1n) is 12.1. The summed E-state index contributed by atoms with van der Waals surface area (Å²) in [5, 5.41) is 34.6. The Morgan fingerprint density at radius 1 is 1.21 bits per heavy atom. The van der Waals surface area contributed by atoms with E-state index in [4.69, 9.17) is 9.47 Å². The molecule has 2 bridgehead atoms. The van der Waals surface area contributed by atoms with E-state index >= 15 is 0 Å². The Kier molecular flexibility index (Phi) is 5.70. The lowest BCUT2D eigenvalue weighted by Crippen LogP contribution is -2.65. The Hall–Kier alpha value is -2.03. The number of esters is 2. The third-order valence-corrected chi connectivity index (χ3v) is 9.05. The van der Waals surface area contributed by atoms with Gasteiger partial charge in [-0.2, -0.15) is 0 Å². The quantitative estimate of drug-likeness (QED) is 0.405. The Morgan fingerprint density at radius 2 is 1.85 bits per heavy atom. The highest BCUT2D eigenvalue weighted by Gasteiger charge is 2.83. The van der Waals surface area contributed by atoms with Gasteiger partial charge in [0.2, 0.25) is 0 Å². The average molecular weight is 477 g/mol. The summed E-state index contributed by atoms with van der Waals surface area (Å²) >= 11 is 0. The van der Waals surface area contributed by atoms with Crippen LogP contribution in [0.1, 0.15) is 60.8 Å². The van der Waals surface area contributed by atoms with Gasteiger partial charge in [0.15, 0.2) is 5.78 Å². The summed E-state index contributed by atoms with van der Waals surface area (Å²) in [5.74, 6) is -2.98. The molecule has 8 heteroatoms. The van der Waals surface area contributed by atoms with Gasteiger partial charge in [-0.1, -0.05) is 39.8 Å². The molecule has 8 atom stereocenters. The van der Waals surface area contributed by atoms with Gasteiger partial charge in [-0.15, -0.1) is 0 Å². The van der Waals surface area contributed by atoms with Gasteiger partial charge in [-0.05, 0) is 36.8 Å². The lowest BCUT2D eigenvalue weighted by Gasteiger charge is -2.48. The lowest BCUT2D eigenvalue weighted by molar-refractivity contribution is -0.192. The third-order valence-electron chi connectivity index (χ3n) is 9.05. The highest BCUT2D eigenvalue weighted by Crippen LogP contribution is 2.75. The zero-order chi connectivity index (χ0) is 25.4. The van der Waals surface area contributed by atoms with Gasteiger partial charge < -0.3 is 24.8 Å². The van der Waals surface area contributed by atoms with E-state index in [1.165, 1.54) is 6.92 Å². The lowest BCUT2D eigenvalue weighted by atomic mass is 9.59. The monoisotopic (exact) mass is 476 g/mol. The molecule has 4 rings (SSSR count). The number of fused-ring (bicyclic) bond motifs is 3. The molecule has 0 saturated heterocycles. The standard InChI is InChI=1S/C26H36O8/c1-7-8-18(28)33-12-16-9-17-19-23(5,6)25(19,34-15(4)27)11-14(3)24(22(17)31)10-13(2)20(29)26(24,32)21(16)30/h9-10,14,17,19-21,29-30,32H,7-8,11-12H2,1-6H3/t14?,17-,19+,20-,21+,24?,25-,26+/m0/s1. The zero-order valence-electron chi connectivity index (χ0n) is 20.8. The van der Waals surface area contributed by atoms with Crippen molar-refractivity contribution in [1.82, 2.24) is 0 Å². The minimum absolute atomic E-state index is 0.169. The number of aliphatic hydroxyl groups excluding tert-OH is 2. The minimum atomic E-state index is -2.25. The van der Waals surface area contributed by atoms with Crippen LogP contribution in [0.3, 0.4) is 0 Å². The summed E-state index contributed by atoms with van der Waals surface area (Å²) in [6, 6.07) is 0.